The fourth-order valence-corrected chi connectivity index (χ4v) is 1.59. The lowest BCUT2D eigenvalue weighted by Crippen LogP contribution is -1.99. The van der Waals surface area contributed by atoms with E-state index in [0.717, 1.165) is 16.1 Å². The minimum Gasteiger partial charge on any atom is -0.399 e. The number of nitrogens with two attached hydrogens (primary N) is 1. The third kappa shape index (κ3) is 2.60. The third-order valence-electron chi connectivity index (χ3n) is 2.41. The zero-order valence-electron chi connectivity index (χ0n) is 9.55. The van der Waals surface area contributed by atoms with Crippen LogP contribution in [0.2, 0.25) is 0 Å². The summed E-state index contributed by atoms with van der Waals surface area (Å²) in [7, 11) is 1.45. The van der Waals surface area contributed by atoms with Gasteiger partial charge in [0.15, 0.2) is 7.05 Å². The number of nitrogens with one attached hydrogen (secondary N) is 1. The number of para-hydroxylation sites is 1. The second kappa shape index (κ2) is 4.65. The molecule has 0 unspecified atom stereocenters. The molecule has 0 amide bonds. The van der Waals surface area contributed by atoms with E-state index < -0.39 is 0 Å². The van der Waals surface area contributed by atoms with Gasteiger partial charge in [0.25, 0.3) is 5.69 Å². The maximum absolute atomic E-state index is 11.4. The first-order valence-electron chi connectivity index (χ1n) is 5.29. The molecular weight excluding hydrogens is 214 g/mol. The molecule has 0 radical (unpaired) electrons. The first-order chi connectivity index (χ1) is 8.16. The second-order valence-corrected chi connectivity index (χ2v) is 3.77. The maximum Gasteiger partial charge on any atom is 0.280 e. The van der Waals surface area contributed by atoms with E-state index in [9.17, 15) is 4.91 Å². The molecule has 0 aliphatic heterocycles. The standard InChI is InChI=1S/C13H14N3O/c1-16(17)13-9-10(14)7-8-12(13)15-11-5-3-2-4-6-11/h2-9,15H,14H2,1H3/q+1. The molecule has 17 heavy (non-hydrogen) atoms. The van der Waals surface area contributed by atoms with Gasteiger partial charge in [0.2, 0.25) is 0 Å². The van der Waals surface area contributed by atoms with Crippen LogP contribution in [0.4, 0.5) is 22.7 Å². The van der Waals surface area contributed by atoms with Crippen LogP contribution in [0.5, 0.6) is 0 Å². The molecule has 86 valence electrons. The Bertz CT molecular complexity index is 538. The minimum absolute atomic E-state index is 0.522. The SMILES string of the molecule is C[N+](=O)c1cc(N)ccc1Nc1ccccc1. The highest BCUT2D eigenvalue weighted by Crippen LogP contribution is 2.28. The van der Waals surface area contributed by atoms with Crippen molar-refractivity contribution in [2.75, 3.05) is 18.1 Å². The summed E-state index contributed by atoms with van der Waals surface area (Å²) < 4.78 is 0.793. The zero-order valence-corrected chi connectivity index (χ0v) is 9.55. The minimum atomic E-state index is 0.522. The van der Waals surface area contributed by atoms with Crippen LogP contribution in [0, 0.1) is 4.91 Å². The second-order valence-electron chi connectivity index (χ2n) is 3.77. The molecule has 0 saturated heterocycles. The molecule has 0 atom stereocenters. The highest BCUT2D eigenvalue weighted by molar-refractivity contribution is 5.72. The van der Waals surface area contributed by atoms with Gasteiger partial charge in [-0.2, -0.15) is 0 Å². The monoisotopic (exact) mass is 228 g/mol. The van der Waals surface area contributed by atoms with E-state index in [4.69, 9.17) is 5.73 Å². The van der Waals surface area contributed by atoms with Crippen LogP contribution in [0.25, 0.3) is 0 Å². The van der Waals surface area contributed by atoms with Crippen molar-refractivity contribution in [1.29, 1.82) is 0 Å². The van der Waals surface area contributed by atoms with E-state index in [-0.39, 0.29) is 0 Å². The summed E-state index contributed by atoms with van der Waals surface area (Å²) in [6.45, 7) is 0. The fraction of sp³-hybridized carbons (Fsp3) is 0.0769. The van der Waals surface area contributed by atoms with Gasteiger partial charge in [-0.15, -0.1) is 0 Å². The molecule has 0 saturated carbocycles. The van der Waals surface area contributed by atoms with Gasteiger partial charge in [-0.1, -0.05) is 18.2 Å². The van der Waals surface area contributed by atoms with E-state index in [0.29, 0.717) is 11.4 Å². The van der Waals surface area contributed by atoms with E-state index in [1.54, 1.807) is 18.2 Å². The van der Waals surface area contributed by atoms with Crippen molar-refractivity contribution in [3.63, 3.8) is 0 Å². The van der Waals surface area contributed by atoms with E-state index >= 15 is 0 Å². The van der Waals surface area contributed by atoms with Crippen molar-refractivity contribution in [2.24, 2.45) is 0 Å². The van der Waals surface area contributed by atoms with Crippen molar-refractivity contribution in [3.8, 4) is 0 Å². The highest BCUT2D eigenvalue weighted by Gasteiger charge is 2.14. The Morgan fingerprint density at radius 2 is 1.82 bits per heavy atom. The summed E-state index contributed by atoms with van der Waals surface area (Å²) in [5, 5.41) is 3.18. The largest absolute Gasteiger partial charge is 0.399 e. The molecule has 0 aromatic heterocycles. The van der Waals surface area contributed by atoms with E-state index in [1.807, 2.05) is 30.3 Å². The Balaban J connectivity index is 2.36. The quantitative estimate of drug-likeness (QED) is 0.627. The smallest absolute Gasteiger partial charge is 0.280 e. The normalized spacial score (nSPS) is 9.94. The molecule has 0 aliphatic carbocycles. The zero-order chi connectivity index (χ0) is 12.3. The number of hydrogen-bond acceptors (Lipinski definition) is 3. The number of rotatable bonds is 3. The van der Waals surface area contributed by atoms with Gasteiger partial charge in [0, 0.05) is 27.1 Å². The predicted octanol–water partition coefficient (Wildman–Crippen LogP) is 3.05. The van der Waals surface area contributed by atoms with Crippen LogP contribution in [-0.4, -0.2) is 11.8 Å². The van der Waals surface area contributed by atoms with Crippen molar-refractivity contribution in [3.05, 3.63) is 53.4 Å². The highest BCUT2D eigenvalue weighted by atomic mass is 16.3. The molecule has 4 nitrogen and oxygen atoms in total. The summed E-state index contributed by atoms with van der Waals surface area (Å²) in [5.74, 6) is 0. The molecule has 0 fully saturated rings. The number of nitrogens with zero attached hydrogens (tertiary/aromatic N) is 1. The lowest BCUT2D eigenvalue weighted by molar-refractivity contribution is -0.427. The molecule has 3 N–H and O–H groups in total. The van der Waals surface area contributed by atoms with Crippen LogP contribution >= 0.6 is 0 Å². The summed E-state index contributed by atoms with van der Waals surface area (Å²) in [6, 6.07) is 14.9. The van der Waals surface area contributed by atoms with Crippen molar-refractivity contribution in [1.82, 2.24) is 0 Å². The topological polar surface area (TPSA) is 58.1 Å². The number of anilines is 3. The van der Waals surface area contributed by atoms with E-state index in [2.05, 4.69) is 5.32 Å². The summed E-state index contributed by atoms with van der Waals surface area (Å²) >= 11 is 0. The van der Waals surface area contributed by atoms with Crippen molar-refractivity contribution in [2.45, 2.75) is 0 Å². The maximum atomic E-state index is 11.4. The average Bonchev–Trinajstić information content (AvgIpc) is 2.32. The Morgan fingerprint density at radius 1 is 1.12 bits per heavy atom. The van der Waals surface area contributed by atoms with Gasteiger partial charge in [-0.3, -0.25) is 0 Å². The summed E-state index contributed by atoms with van der Waals surface area (Å²) in [5.41, 5.74) is 8.43. The number of nitroso groups, excluding NO2 is 1. The van der Waals surface area contributed by atoms with Crippen molar-refractivity contribution < 1.29 is 4.76 Å². The summed E-state index contributed by atoms with van der Waals surface area (Å²) in [6.07, 6.45) is 0. The molecule has 0 aliphatic rings. The number of hydrogen-bond donors (Lipinski definition) is 2. The van der Waals surface area contributed by atoms with Gasteiger partial charge in [0.1, 0.15) is 5.69 Å². The van der Waals surface area contributed by atoms with Crippen LogP contribution in [0.15, 0.2) is 48.5 Å². The summed E-state index contributed by atoms with van der Waals surface area (Å²) in [4.78, 5) is 11.4. The lowest BCUT2D eigenvalue weighted by Gasteiger charge is -2.06. The van der Waals surface area contributed by atoms with Gasteiger partial charge in [0.05, 0.1) is 0 Å². The van der Waals surface area contributed by atoms with Gasteiger partial charge < -0.3 is 11.1 Å². The van der Waals surface area contributed by atoms with Crippen LogP contribution in [0.1, 0.15) is 0 Å². The van der Waals surface area contributed by atoms with Crippen LogP contribution < -0.4 is 11.1 Å². The Hall–Kier alpha value is -2.36. The Labute approximate surface area is 99.6 Å². The molecule has 0 spiro atoms. The fourth-order valence-electron chi connectivity index (χ4n) is 1.59. The molecule has 2 rings (SSSR count). The molecule has 4 heteroatoms. The lowest BCUT2D eigenvalue weighted by atomic mass is 10.2. The number of benzene rings is 2. The number of nitrogen functional groups attached to an aromatic ring is 1. The first kappa shape index (κ1) is 11.1. The Morgan fingerprint density at radius 3 is 2.47 bits per heavy atom. The average molecular weight is 228 g/mol. The van der Waals surface area contributed by atoms with Gasteiger partial charge >= 0.3 is 0 Å². The van der Waals surface area contributed by atoms with Gasteiger partial charge in [-0.05, 0) is 24.3 Å². The van der Waals surface area contributed by atoms with Crippen LogP contribution in [0.3, 0.4) is 0 Å². The predicted molar refractivity (Wildman–Crippen MR) is 69.8 cm³/mol. The van der Waals surface area contributed by atoms with Gasteiger partial charge in [-0.25, -0.2) is 0 Å². The molecule has 0 heterocycles. The molecular formula is C13H14N3O+. The third-order valence-corrected chi connectivity index (χ3v) is 2.41. The molecule has 2 aromatic carbocycles. The molecule has 0 bridgehead atoms. The van der Waals surface area contributed by atoms with Crippen molar-refractivity contribution >= 4 is 22.7 Å². The van der Waals surface area contributed by atoms with Crippen LogP contribution in [-0.2, 0) is 0 Å². The molecule has 2 aromatic rings. The van der Waals surface area contributed by atoms with E-state index in [1.165, 1.54) is 7.05 Å². The first-order valence-corrected chi connectivity index (χ1v) is 5.29. The Kier molecular flexibility index (Phi) is 3.05.